The van der Waals surface area contributed by atoms with Crippen molar-refractivity contribution in [2.75, 3.05) is 6.54 Å². The Morgan fingerprint density at radius 2 is 2.04 bits per heavy atom. The minimum Gasteiger partial charge on any atom is -0.348 e. The van der Waals surface area contributed by atoms with E-state index in [1.54, 1.807) is 0 Å². The van der Waals surface area contributed by atoms with Gasteiger partial charge in [-0.15, -0.1) is 0 Å². The van der Waals surface area contributed by atoms with Crippen molar-refractivity contribution in [3.05, 3.63) is 34.9 Å². The molecule has 6 nitrogen and oxygen atoms in total. The number of hydrogen-bond acceptors (Lipinski definition) is 3. The number of aryl methyl sites for hydroxylation is 2. The first-order chi connectivity index (χ1) is 12.7. The molecule has 2 fully saturated rings. The van der Waals surface area contributed by atoms with Gasteiger partial charge in [-0.25, -0.2) is 4.79 Å². The third-order valence-electron chi connectivity index (χ3n) is 6.21. The minimum atomic E-state index is -0.824. The van der Waals surface area contributed by atoms with Gasteiger partial charge < -0.3 is 10.6 Å². The number of benzene rings is 1. The Labute approximate surface area is 160 Å². The molecule has 146 valence electrons. The lowest BCUT2D eigenvalue weighted by atomic mass is 9.73. The molecule has 3 rings (SSSR count). The zero-order valence-corrected chi connectivity index (χ0v) is 16.6. The Kier molecular flexibility index (Phi) is 5.27. The van der Waals surface area contributed by atoms with Crippen LogP contribution in [0.5, 0.6) is 0 Å². The number of rotatable bonds is 4. The molecule has 1 saturated carbocycles. The van der Waals surface area contributed by atoms with Gasteiger partial charge in [0.25, 0.3) is 5.91 Å². The Morgan fingerprint density at radius 1 is 1.30 bits per heavy atom. The van der Waals surface area contributed by atoms with Crippen molar-refractivity contribution in [3.63, 3.8) is 0 Å². The van der Waals surface area contributed by atoms with Gasteiger partial charge >= 0.3 is 6.03 Å². The first-order valence-electron chi connectivity index (χ1n) is 9.75. The predicted molar refractivity (Wildman–Crippen MR) is 103 cm³/mol. The molecule has 3 atom stereocenters. The standard InChI is InChI=1S/C21H29N3O3/c1-13-8-9-17(11-14(13)2)16(4)22-18(25)12-24-19(26)21(23-20(24)27)10-6-5-7-15(21)3/h8-9,11,15-16H,5-7,10,12H2,1-4H3,(H,22,25)(H,23,27)/t15-,16-,21-/m0/s1. The van der Waals surface area contributed by atoms with Crippen molar-refractivity contribution in [2.24, 2.45) is 5.92 Å². The maximum atomic E-state index is 12.9. The molecule has 0 unspecified atom stereocenters. The largest absolute Gasteiger partial charge is 0.348 e. The first-order valence-corrected chi connectivity index (χ1v) is 9.75. The second-order valence-electron chi connectivity index (χ2n) is 8.07. The highest BCUT2D eigenvalue weighted by molar-refractivity contribution is 6.09. The van der Waals surface area contributed by atoms with Crippen molar-refractivity contribution in [3.8, 4) is 0 Å². The van der Waals surface area contributed by atoms with E-state index in [0.29, 0.717) is 6.42 Å². The van der Waals surface area contributed by atoms with Gasteiger partial charge in [0.1, 0.15) is 12.1 Å². The number of carbonyl (C=O) groups excluding carboxylic acids is 3. The van der Waals surface area contributed by atoms with Crippen molar-refractivity contribution < 1.29 is 14.4 Å². The van der Waals surface area contributed by atoms with Crippen LogP contribution in [0.15, 0.2) is 18.2 Å². The molecule has 0 aromatic heterocycles. The molecule has 1 heterocycles. The van der Waals surface area contributed by atoms with E-state index < -0.39 is 11.6 Å². The summed E-state index contributed by atoms with van der Waals surface area (Å²) in [6.07, 6.45) is 3.55. The molecule has 1 aromatic rings. The third kappa shape index (κ3) is 3.57. The van der Waals surface area contributed by atoms with Gasteiger partial charge in [-0.1, -0.05) is 38.0 Å². The highest BCUT2D eigenvalue weighted by Gasteiger charge is 2.55. The van der Waals surface area contributed by atoms with Gasteiger partial charge in [-0.05, 0) is 56.2 Å². The maximum absolute atomic E-state index is 12.9. The van der Waals surface area contributed by atoms with Gasteiger partial charge in [0.2, 0.25) is 5.91 Å². The molecule has 1 aliphatic carbocycles. The maximum Gasteiger partial charge on any atom is 0.325 e. The number of imide groups is 1. The van der Waals surface area contributed by atoms with Crippen LogP contribution in [0.25, 0.3) is 0 Å². The summed E-state index contributed by atoms with van der Waals surface area (Å²) >= 11 is 0. The summed E-state index contributed by atoms with van der Waals surface area (Å²) in [5, 5.41) is 5.78. The van der Waals surface area contributed by atoms with E-state index in [-0.39, 0.29) is 30.3 Å². The fourth-order valence-corrected chi connectivity index (χ4v) is 4.19. The molecule has 6 heteroatoms. The average molecular weight is 371 g/mol. The lowest BCUT2D eigenvalue weighted by molar-refractivity contribution is -0.137. The smallest absolute Gasteiger partial charge is 0.325 e. The van der Waals surface area contributed by atoms with Crippen LogP contribution < -0.4 is 10.6 Å². The molecular formula is C21H29N3O3. The molecule has 0 radical (unpaired) electrons. The third-order valence-corrected chi connectivity index (χ3v) is 6.21. The number of hydrogen-bond donors (Lipinski definition) is 2. The molecule has 1 spiro atoms. The van der Waals surface area contributed by atoms with Gasteiger partial charge in [0, 0.05) is 0 Å². The van der Waals surface area contributed by atoms with Crippen molar-refractivity contribution in [1.82, 2.24) is 15.5 Å². The number of urea groups is 1. The molecule has 2 N–H and O–H groups in total. The number of nitrogens with zero attached hydrogens (tertiary/aromatic N) is 1. The summed E-state index contributed by atoms with van der Waals surface area (Å²) in [5.74, 6) is -0.497. The van der Waals surface area contributed by atoms with Crippen molar-refractivity contribution >= 4 is 17.8 Å². The normalized spacial score (nSPS) is 26.2. The van der Waals surface area contributed by atoms with Gasteiger partial charge in [0.15, 0.2) is 0 Å². The number of amides is 4. The van der Waals surface area contributed by atoms with Crippen molar-refractivity contribution in [2.45, 2.75) is 65.0 Å². The molecule has 2 aliphatic rings. The molecule has 1 aromatic carbocycles. The van der Waals surface area contributed by atoms with Crippen LogP contribution in [0, 0.1) is 19.8 Å². The van der Waals surface area contributed by atoms with Gasteiger partial charge in [-0.2, -0.15) is 0 Å². The molecule has 1 saturated heterocycles. The zero-order valence-electron chi connectivity index (χ0n) is 16.6. The monoisotopic (exact) mass is 371 g/mol. The van der Waals surface area contributed by atoms with E-state index in [0.717, 1.165) is 35.3 Å². The number of carbonyl (C=O) groups is 3. The second-order valence-corrected chi connectivity index (χ2v) is 8.07. The quantitative estimate of drug-likeness (QED) is 0.799. The molecule has 0 bridgehead atoms. The van der Waals surface area contributed by atoms with Gasteiger partial charge in [-0.3, -0.25) is 14.5 Å². The molecular weight excluding hydrogens is 342 g/mol. The van der Waals surface area contributed by atoms with E-state index in [4.69, 9.17) is 0 Å². The SMILES string of the molecule is Cc1ccc([C@H](C)NC(=O)CN2C(=O)N[C@]3(CCCC[C@@H]3C)C2=O)cc1C. The summed E-state index contributed by atoms with van der Waals surface area (Å²) in [6, 6.07) is 5.41. The summed E-state index contributed by atoms with van der Waals surface area (Å²) in [4.78, 5) is 38.9. The van der Waals surface area contributed by atoms with Crippen molar-refractivity contribution in [1.29, 1.82) is 0 Å². The zero-order chi connectivity index (χ0) is 19.8. The Morgan fingerprint density at radius 3 is 2.70 bits per heavy atom. The lowest BCUT2D eigenvalue weighted by Crippen LogP contribution is -2.54. The second kappa shape index (κ2) is 7.33. The van der Waals surface area contributed by atoms with E-state index in [1.165, 1.54) is 5.56 Å². The highest BCUT2D eigenvalue weighted by atomic mass is 16.2. The fourth-order valence-electron chi connectivity index (χ4n) is 4.19. The van der Waals surface area contributed by atoms with Crippen LogP contribution in [0.3, 0.4) is 0 Å². The summed E-state index contributed by atoms with van der Waals surface area (Å²) in [6.45, 7) is 7.74. The summed E-state index contributed by atoms with van der Waals surface area (Å²) in [7, 11) is 0. The average Bonchev–Trinajstić information content (AvgIpc) is 2.85. The van der Waals surface area contributed by atoms with E-state index in [1.807, 2.05) is 45.9 Å². The fraction of sp³-hybridized carbons (Fsp3) is 0.571. The molecule has 1 aliphatic heterocycles. The first kappa shape index (κ1) is 19.4. The van der Waals surface area contributed by atoms with E-state index in [2.05, 4.69) is 10.6 Å². The topological polar surface area (TPSA) is 78.5 Å². The Balaban J connectivity index is 1.66. The van der Waals surface area contributed by atoms with Gasteiger partial charge in [0.05, 0.1) is 6.04 Å². The van der Waals surface area contributed by atoms with E-state index in [9.17, 15) is 14.4 Å². The van der Waals surface area contributed by atoms with Crippen LogP contribution in [0.4, 0.5) is 4.79 Å². The van der Waals surface area contributed by atoms with E-state index >= 15 is 0 Å². The summed E-state index contributed by atoms with van der Waals surface area (Å²) in [5.41, 5.74) is 2.54. The Bertz CT molecular complexity index is 776. The van der Waals surface area contributed by atoms with Crippen LogP contribution in [0.1, 0.15) is 62.3 Å². The Hall–Kier alpha value is -2.37. The van der Waals surface area contributed by atoms with Crippen LogP contribution in [-0.2, 0) is 9.59 Å². The lowest BCUT2D eigenvalue weighted by Gasteiger charge is -2.36. The summed E-state index contributed by atoms with van der Waals surface area (Å²) < 4.78 is 0. The van der Waals surface area contributed by atoms with Crippen LogP contribution in [0.2, 0.25) is 0 Å². The number of nitrogens with one attached hydrogen (secondary N) is 2. The highest BCUT2D eigenvalue weighted by Crippen LogP contribution is 2.38. The van der Waals surface area contributed by atoms with Crippen LogP contribution >= 0.6 is 0 Å². The molecule has 27 heavy (non-hydrogen) atoms. The van der Waals surface area contributed by atoms with Crippen LogP contribution in [-0.4, -0.2) is 34.8 Å². The minimum absolute atomic E-state index is 0.0882. The predicted octanol–water partition coefficient (Wildman–Crippen LogP) is 2.98. The molecule has 4 amide bonds.